The van der Waals surface area contributed by atoms with Gasteiger partial charge in [-0.05, 0) is 25.1 Å². The van der Waals surface area contributed by atoms with Crippen molar-refractivity contribution in [1.29, 1.82) is 0 Å². The van der Waals surface area contributed by atoms with E-state index in [1.165, 1.54) is 0 Å². The molecule has 0 spiro atoms. The predicted molar refractivity (Wildman–Crippen MR) is 123 cm³/mol. The van der Waals surface area contributed by atoms with Crippen LogP contribution in [-0.2, 0) is 9.53 Å². The summed E-state index contributed by atoms with van der Waals surface area (Å²) in [5.41, 5.74) is 2.81. The number of aromatic nitrogens is 2. The minimum absolute atomic E-state index is 0.224. The molecule has 34 heavy (non-hydrogen) atoms. The van der Waals surface area contributed by atoms with Crippen molar-refractivity contribution >= 4 is 28.7 Å². The molecular formula is C25H21N3O6. The van der Waals surface area contributed by atoms with Gasteiger partial charge < -0.3 is 24.1 Å². The van der Waals surface area contributed by atoms with Gasteiger partial charge in [0.05, 0.1) is 35.6 Å². The fraction of sp³-hybridized carbons (Fsp3) is 0.200. The third-order valence-electron chi connectivity index (χ3n) is 5.27. The lowest BCUT2D eigenvalue weighted by molar-refractivity contribution is -0.119. The van der Waals surface area contributed by atoms with Crippen molar-refractivity contribution in [3.63, 3.8) is 0 Å². The molecule has 0 unspecified atom stereocenters. The van der Waals surface area contributed by atoms with Crippen LogP contribution >= 0.6 is 0 Å². The molecule has 3 heterocycles. The summed E-state index contributed by atoms with van der Waals surface area (Å²) in [5, 5.41) is 7.08. The Morgan fingerprint density at radius 2 is 1.82 bits per heavy atom. The van der Waals surface area contributed by atoms with E-state index in [1.54, 1.807) is 31.2 Å². The number of hydrogen-bond donors (Lipinski definition) is 1. The first kappa shape index (κ1) is 21.4. The summed E-state index contributed by atoms with van der Waals surface area (Å²) in [6.07, 6.45) is 0.784. The maximum atomic E-state index is 12.9. The fourth-order valence-corrected chi connectivity index (χ4v) is 3.66. The molecule has 0 aliphatic carbocycles. The highest BCUT2D eigenvalue weighted by atomic mass is 16.5. The van der Waals surface area contributed by atoms with Crippen molar-refractivity contribution in [1.82, 2.24) is 10.1 Å². The van der Waals surface area contributed by atoms with Crippen LogP contribution in [0.3, 0.4) is 0 Å². The van der Waals surface area contributed by atoms with E-state index >= 15 is 0 Å². The summed E-state index contributed by atoms with van der Waals surface area (Å²) in [4.78, 5) is 29.9. The van der Waals surface area contributed by atoms with Gasteiger partial charge in [0, 0.05) is 23.7 Å². The minimum atomic E-state index is -0.676. The number of carbonyl (C=O) groups is 2. The number of ether oxygens (including phenoxy) is 3. The van der Waals surface area contributed by atoms with Gasteiger partial charge in [0.15, 0.2) is 18.1 Å². The first-order valence-corrected chi connectivity index (χ1v) is 10.8. The first-order valence-electron chi connectivity index (χ1n) is 10.8. The number of nitrogens with one attached hydrogen (secondary N) is 1. The Labute approximate surface area is 194 Å². The van der Waals surface area contributed by atoms with Gasteiger partial charge in [-0.2, -0.15) is 0 Å². The minimum Gasteiger partial charge on any atom is -0.490 e. The molecule has 2 aromatic heterocycles. The van der Waals surface area contributed by atoms with Crippen LogP contribution in [0.1, 0.15) is 22.5 Å². The Kier molecular flexibility index (Phi) is 5.82. The number of aryl methyl sites for hydroxylation is 1. The lowest BCUT2D eigenvalue weighted by Gasteiger charge is -2.11. The molecule has 0 bridgehead atoms. The van der Waals surface area contributed by atoms with E-state index in [9.17, 15) is 9.59 Å². The van der Waals surface area contributed by atoms with Crippen LogP contribution in [0.25, 0.3) is 22.4 Å². The smallest absolute Gasteiger partial charge is 0.339 e. The van der Waals surface area contributed by atoms with Gasteiger partial charge in [-0.15, -0.1) is 0 Å². The molecule has 1 amide bonds. The molecule has 9 nitrogen and oxygen atoms in total. The van der Waals surface area contributed by atoms with Gasteiger partial charge in [-0.3, -0.25) is 4.79 Å². The van der Waals surface area contributed by atoms with Gasteiger partial charge in [-0.25, -0.2) is 9.78 Å². The molecule has 1 aliphatic heterocycles. The molecule has 0 fully saturated rings. The lowest BCUT2D eigenvalue weighted by atomic mass is 10.1. The maximum absolute atomic E-state index is 12.9. The van der Waals surface area contributed by atoms with Gasteiger partial charge >= 0.3 is 5.97 Å². The summed E-state index contributed by atoms with van der Waals surface area (Å²) in [6.45, 7) is 2.36. The fourth-order valence-electron chi connectivity index (χ4n) is 3.66. The van der Waals surface area contributed by atoms with E-state index in [-0.39, 0.29) is 11.3 Å². The molecule has 0 radical (unpaired) electrons. The van der Waals surface area contributed by atoms with E-state index in [0.717, 1.165) is 12.0 Å². The van der Waals surface area contributed by atoms with Gasteiger partial charge in [0.25, 0.3) is 11.6 Å². The quantitative estimate of drug-likeness (QED) is 0.443. The second-order valence-corrected chi connectivity index (χ2v) is 7.71. The SMILES string of the molecule is Cc1noc2nc(-c3ccccc3)cc(C(=O)OCC(=O)Nc3ccc4c(c3)OCCCO4)c12. The standard InChI is InChI=1S/C25H21N3O6/c1-15-23-18(13-19(27-24(23)34-28-15)16-6-3-2-4-7-16)25(30)33-14-22(29)26-17-8-9-20-21(12-17)32-11-5-10-31-20/h2-4,6-9,12-13H,5,10-11,14H2,1H3,(H,26,29). The Balaban J connectivity index is 1.31. The van der Waals surface area contributed by atoms with Crippen LogP contribution in [0.2, 0.25) is 0 Å². The molecule has 0 saturated heterocycles. The highest BCUT2D eigenvalue weighted by Crippen LogP contribution is 2.32. The van der Waals surface area contributed by atoms with Crippen LogP contribution in [0.15, 0.2) is 59.1 Å². The first-order chi connectivity index (χ1) is 16.6. The van der Waals surface area contributed by atoms with Crippen molar-refractivity contribution in [3.05, 3.63) is 65.9 Å². The summed E-state index contributed by atoms with van der Waals surface area (Å²) < 4.78 is 21.8. The molecule has 9 heteroatoms. The summed E-state index contributed by atoms with van der Waals surface area (Å²) in [7, 11) is 0. The zero-order valence-electron chi connectivity index (χ0n) is 18.4. The van der Waals surface area contributed by atoms with Gasteiger partial charge in [0.1, 0.15) is 0 Å². The molecule has 5 rings (SSSR count). The molecule has 4 aromatic rings. The van der Waals surface area contributed by atoms with Crippen molar-refractivity contribution < 1.29 is 28.3 Å². The third kappa shape index (κ3) is 4.40. The van der Waals surface area contributed by atoms with Gasteiger partial charge in [-0.1, -0.05) is 35.5 Å². The van der Waals surface area contributed by atoms with Crippen molar-refractivity contribution in [2.75, 3.05) is 25.1 Å². The van der Waals surface area contributed by atoms with Crippen molar-refractivity contribution in [2.45, 2.75) is 13.3 Å². The lowest BCUT2D eigenvalue weighted by Crippen LogP contribution is -2.21. The number of hydrogen-bond acceptors (Lipinski definition) is 8. The second kappa shape index (κ2) is 9.22. The maximum Gasteiger partial charge on any atom is 0.339 e. The molecule has 1 N–H and O–H groups in total. The molecule has 2 aromatic carbocycles. The number of rotatable bonds is 5. The number of amides is 1. The predicted octanol–water partition coefficient (Wildman–Crippen LogP) is 4.16. The van der Waals surface area contributed by atoms with Gasteiger partial charge in [0.2, 0.25) is 0 Å². The highest BCUT2D eigenvalue weighted by Gasteiger charge is 2.21. The molecule has 1 aliphatic rings. The van der Waals surface area contributed by atoms with Crippen LogP contribution in [-0.4, -0.2) is 41.8 Å². The third-order valence-corrected chi connectivity index (χ3v) is 5.27. The zero-order valence-corrected chi connectivity index (χ0v) is 18.4. The summed E-state index contributed by atoms with van der Waals surface area (Å²) in [6, 6.07) is 16.1. The number of fused-ring (bicyclic) bond motifs is 2. The number of anilines is 1. The Morgan fingerprint density at radius 3 is 2.65 bits per heavy atom. The molecular weight excluding hydrogens is 438 g/mol. The monoisotopic (exact) mass is 459 g/mol. The van der Waals surface area contributed by atoms with Crippen LogP contribution in [0, 0.1) is 6.92 Å². The van der Waals surface area contributed by atoms with E-state index in [4.69, 9.17) is 18.7 Å². The number of benzene rings is 2. The average Bonchev–Trinajstić information content (AvgIpc) is 3.08. The zero-order chi connectivity index (χ0) is 23.5. The Morgan fingerprint density at radius 1 is 1.03 bits per heavy atom. The normalized spacial score (nSPS) is 12.7. The van der Waals surface area contributed by atoms with Crippen LogP contribution in [0.4, 0.5) is 5.69 Å². The average molecular weight is 459 g/mol. The number of pyridine rings is 1. The Hall–Kier alpha value is -4.40. The molecule has 0 saturated carbocycles. The molecule has 172 valence electrons. The number of nitrogens with zero attached hydrogens (tertiary/aromatic N) is 2. The van der Waals surface area contributed by atoms with E-state index < -0.39 is 18.5 Å². The van der Waals surface area contributed by atoms with Crippen molar-refractivity contribution in [2.24, 2.45) is 0 Å². The molecule has 0 atom stereocenters. The largest absolute Gasteiger partial charge is 0.490 e. The van der Waals surface area contributed by atoms with E-state index in [2.05, 4.69) is 15.5 Å². The second-order valence-electron chi connectivity index (χ2n) is 7.71. The summed E-state index contributed by atoms with van der Waals surface area (Å²) >= 11 is 0. The highest BCUT2D eigenvalue weighted by molar-refractivity contribution is 6.05. The number of esters is 1. The van der Waals surface area contributed by atoms with Crippen LogP contribution in [0.5, 0.6) is 11.5 Å². The Bertz CT molecular complexity index is 1370. The van der Waals surface area contributed by atoms with E-state index in [0.29, 0.717) is 47.2 Å². The summed E-state index contributed by atoms with van der Waals surface area (Å²) in [5.74, 6) is 0.0212. The topological polar surface area (TPSA) is 113 Å². The number of carbonyl (C=O) groups excluding carboxylic acids is 2. The van der Waals surface area contributed by atoms with E-state index in [1.807, 2.05) is 30.3 Å². The van der Waals surface area contributed by atoms with Crippen molar-refractivity contribution in [3.8, 4) is 22.8 Å². The van der Waals surface area contributed by atoms with Crippen LogP contribution < -0.4 is 14.8 Å².